The van der Waals surface area contributed by atoms with Gasteiger partial charge in [0.15, 0.2) is 5.82 Å². The summed E-state index contributed by atoms with van der Waals surface area (Å²) in [5.41, 5.74) is 4.06. The fourth-order valence-corrected chi connectivity index (χ4v) is 5.07. The van der Waals surface area contributed by atoms with Crippen molar-refractivity contribution in [1.82, 2.24) is 9.66 Å². The number of nitrogens with zero attached hydrogens (tertiary/aromatic N) is 2. The van der Waals surface area contributed by atoms with Crippen molar-refractivity contribution < 1.29 is 4.79 Å². The molecule has 1 aliphatic carbocycles. The van der Waals surface area contributed by atoms with Crippen LogP contribution >= 0.6 is 15.9 Å². The van der Waals surface area contributed by atoms with E-state index in [2.05, 4.69) is 28.3 Å². The van der Waals surface area contributed by atoms with Crippen LogP contribution in [0, 0.1) is 11.8 Å². The van der Waals surface area contributed by atoms with Crippen LogP contribution in [0.1, 0.15) is 64.7 Å². The number of unbranched alkanes of at least 4 members (excludes halogenated alkanes) is 3. The molecule has 3 aromatic rings. The summed E-state index contributed by atoms with van der Waals surface area (Å²) < 4.78 is 2.28. The predicted molar refractivity (Wildman–Crippen MR) is 138 cm³/mol. The van der Waals surface area contributed by atoms with Crippen LogP contribution < -0.4 is 11.0 Å². The number of rotatable bonds is 8. The van der Waals surface area contributed by atoms with Gasteiger partial charge in [0.2, 0.25) is 5.91 Å². The molecule has 0 radical (unpaired) electrons. The first kappa shape index (κ1) is 23.7. The first-order valence-electron chi connectivity index (χ1n) is 12.2. The number of halogens is 1. The number of carbonyl (C=O) groups is 1. The fraction of sp³-hybridized carbons (Fsp3) is 0.444. The Labute approximate surface area is 203 Å². The van der Waals surface area contributed by atoms with Gasteiger partial charge in [-0.2, -0.15) is 4.68 Å². The molecule has 0 spiro atoms. The van der Waals surface area contributed by atoms with Crippen molar-refractivity contribution in [2.75, 3.05) is 5.43 Å². The lowest BCUT2D eigenvalue weighted by molar-refractivity contribution is -0.122. The van der Waals surface area contributed by atoms with Crippen molar-refractivity contribution in [3.8, 4) is 11.4 Å². The molecule has 0 atom stereocenters. The highest BCUT2D eigenvalue weighted by Gasteiger charge is 2.27. The summed E-state index contributed by atoms with van der Waals surface area (Å²) in [6, 6.07) is 14.9. The Kier molecular flexibility index (Phi) is 7.97. The quantitative estimate of drug-likeness (QED) is 0.344. The van der Waals surface area contributed by atoms with Crippen LogP contribution in [0.5, 0.6) is 0 Å². The van der Waals surface area contributed by atoms with Gasteiger partial charge in [-0.1, -0.05) is 79.2 Å². The maximum Gasteiger partial charge on any atom is 0.280 e. The first-order chi connectivity index (χ1) is 16.1. The van der Waals surface area contributed by atoms with Gasteiger partial charge in [-0.15, -0.1) is 0 Å². The molecule has 6 heteroatoms. The predicted octanol–water partition coefficient (Wildman–Crippen LogP) is 6.67. The largest absolute Gasteiger partial charge is 0.280 e. The van der Waals surface area contributed by atoms with E-state index in [1.807, 2.05) is 42.5 Å². The molecular weight excluding hydrogens is 478 g/mol. The van der Waals surface area contributed by atoms with Gasteiger partial charge in [-0.25, -0.2) is 4.98 Å². The fourth-order valence-electron chi connectivity index (χ4n) is 4.80. The molecule has 5 nitrogen and oxygen atoms in total. The van der Waals surface area contributed by atoms with Crippen molar-refractivity contribution in [1.29, 1.82) is 0 Å². The minimum Gasteiger partial charge on any atom is -0.273 e. The Morgan fingerprint density at radius 2 is 1.76 bits per heavy atom. The Morgan fingerprint density at radius 1 is 1.03 bits per heavy atom. The second-order valence-corrected chi connectivity index (χ2v) is 10.1. The molecule has 1 heterocycles. The van der Waals surface area contributed by atoms with Gasteiger partial charge < -0.3 is 0 Å². The van der Waals surface area contributed by atoms with E-state index in [9.17, 15) is 9.59 Å². The van der Waals surface area contributed by atoms with Crippen LogP contribution in [0.4, 0.5) is 0 Å². The van der Waals surface area contributed by atoms with E-state index in [1.165, 1.54) is 36.8 Å². The molecule has 1 fully saturated rings. The van der Waals surface area contributed by atoms with E-state index < -0.39 is 0 Å². The molecule has 1 aromatic heterocycles. The van der Waals surface area contributed by atoms with Gasteiger partial charge in [0, 0.05) is 16.0 Å². The molecule has 1 N–H and O–H groups in total. The average Bonchev–Trinajstić information content (AvgIpc) is 2.84. The SMILES string of the molecule is CCCCCCC1CCC(C(=O)Nn2c(-c3ccc(Br)cc3)nc3ccccc3c2=O)CC1. The maximum absolute atomic E-state index is 13.3. The number of carbonyl (C=O) groups excluding carboxylic acids is 1. The first-order valence-corrected chi connectivity index (χ1v) is 12.9. The van der Waals surface area contributed by atoms with Crippen LogP contribution in [0.3, 0.4) is 0 Å². The third kappa shape index (κ3) is 5.72. The third-order valence-electron chi connectivity index (χ3n) is 6.78. The molecule has 0 bridgehead atoms. The van der Waals surface area contributed by atoms with Gasteiger partial charge in [0.05, 0.1) is 10.9 Å². The highest BCUT2D eigenvalue weighted by molar-refractivity contribution is 9.10. The van der Waals surface area contributed by atoms with Gasteiger partial charge >= 0.3 is 0 Å². The molecule has 1 aliphatic rings. The second-order valence-electron chi connectivity index (χ2n) is 9.14. The highest BCUT2D eigenvalue weighted by atomic mass is 79.9. The van der Waals surface area contributed by atoms with E-state index in [1.54, 1.807) is 6.07 Å². The number of para-hydroxylation sites is 1. The van der Waals surface area contributed by atoms with Gasteiger partial charge in [0.1, 0.15) is 0 Å². The van der Waals surface area contributed by atoms with Crippen LogP contribution in [0.2, 0.25) is 0 Å². The van der Waals surface area contributed by atoms with Crippen LogP contribution in [0.15, 0.2) is 57.8 Å². The van der Waals surface area contributed by atoms with Crippen molar-refractivity contribution in [3.05, 3.63) is 63.4 Å². The maximum atomic E-state index is 13.3. The Hall–Kier alpha value is -2.47. The van der Waals surface area contributed by atoms with Gasteiger partial charge in [-0.3, -0.25) is 15.0 Å². The molecule has 1 saturated carbocycles. The molecule has 0 aliphatic heterocycles. The lowest BCUT2D eigenvalue weighted by atomic mass is 9.79. The number of aromatic nitrogens is 2. The topological polar surface area (TPSA) is 64.0 Å². The van der Waals surface area contributed by atoms with Crippen molar-refractivity contribution in [2.45, 2.75) is 64.7 Å². The summed E-state index contributed by atoms with van der Waals surface area (Å²) in [5.74, 6) is 1.03. The monoisotopic (exact) mass is 509 g/mol. The zero-order valence-corrected chi connectivity index (χ0v) is 20.8. The van der Waals surface area contributed by atoms with Crippen LogP contribution in [-0.2, 0) is 4.79 Å². The lowest BCUT2D eigenvalue weighted by Gasteiger charge is -2.28. The minimum absolute atomic E-state index is 0.0620. The molecule has 4 rings (SSSR count). The Bertz CT molecular complexity index is 1150. The van der Waals surface area contributed by atoms with E-state index in [0.29, 0.717) is 16.7 Å². The van der Waals surface area contributed by atoms with Gasteiger partial charge in [0.25, 0.3) is 5.56 Å². The van der Waals surface area contributed by atoms with Crippen molar-refractivity contribution in [2.24, 2.45) is 11.8 Å². The van der Waals surface area contributed by atoms with Gasteiger partial charge in [-0.05, 0) is 55.9 Å². The summed E-state index contributed by atoms with van der Waals surface area (Å²) in [6.07, 6.45) is 10.4. The number of benzene rings is 2. The second kappa shape index (κ2) is 11.1. The van der Waals surface area contributed by atoms with Crippen molar-refractivity contribution in [3.63, 3.8) is 0 Å². The minimum atomic E-state index is -0.253. The van der Waals surface area contributed by atoms with Crippen LogP contribution in [0.25, 0.3) is 22.3 Å². The summed E-state index contributed by atoms with van der Waals surface area (Å²) >= 11 is 3.45. The number of amides is 1. The smallest absolute Gasteiger partial charge is 0.273 e. The lowest BCUT2D eigenvalue weighted by Crippen LogP contribution is -2.39. The normalized spacial score (nSPS) is 18.4. The zero-order chi connectivity index (χ0) is 23.2. The standard InChI is InChI=1S/C27H32BrN3O2/c1-2-3-4-5-8-19-11-13-21(14-12-19)26(32)30-31-25(20-15-17-22(28)18-16-20)29-24-10-7-6-9-23(24)27(31)33/h6-7,9-10,15-19,21H,2-5,8,11-14H2,1H3,(H,30,32). The van der Waals surface area contributed by atoms with E-state index in [-0.39, 0.29) is 17.4 Å². The van der Waals surface area contributed by atoms with Crippen LogP contribution in [-0.4, -0.2) is 15.6 Å². The molecule has 2 aromatic carbocycles. The van der Waals surface area contributed by atoms with E-state index in [0.717, 1.165) is 41.6 Å². The number of nitrogens with one attached hydrogen (secondary N) is 1. The van der Waals surface area contributed by atoms with Crippen molar-refractivity contribution >= 4 is 32.7 Å². The number of hydrogen-bond donors (Lipinski definition) is 1. The zero-order valence-electron chi connectivity index (χ0n) is 19.2. The van der Waals surface area contributed by atoms with E-state index >= 15 is 0 Å². The third-order valence-corrected chi connectivity index (χ3v) is 7.31. The summed E-state index contributed by atoms with van der Waals surface area (Å²) in [7, 11) is 0. The summed E-state index contributed by atoms with van der Waals surface area (Å²) in [6.45, 7) is 2.24. The molecule has 1 amide bonds. The molecule has 174 valence electrons. The summed E-state index contributed by atoms with van der Waals surface area (Å²) in [4.78, 5) is 31.3. The Morgan fingerprint density at radius 3 is 2.48 bits per heavy atom. The number of fused-ring (bicyclic) bond motifs is 1. The Balaban J connectivity index is 1.53. The number of hydrogen-bond acceptors (Lipinski definition) is 3. The molecule has 0 unspecified atom stereocenters. The molecule has 0 saturated heterocycles. The summed E-state index contributed by atoms with van der Waals surface area (Å²) in [5, 5.41) is 0.495. The average molecular weight is 510 g/mol. The highest BCUT2D eigenvalue weighted by Crippen LogP contribution is 2.32. The van der Waals surface area contributed by atoms with E-state index in [4.69, 9.17) is 4.98 Å². The molecule has 33 heavy (non-hydrogen) atoms. The molecular formula is C27H32BrN3O2.